The Morgan fingerprint density at radius 3 is 2.04 bits per heavy atom. The molecule has 2 aromatic carbocycles. The molecule has 1 aromatic heterocycles. The Bertz CT molecular complexity index is 966. The van der Waals surface area contributed by atoms with Gasteiger partial charge in [-0.3, -0.25) is 0 Å². The van der Waals surface area contributed by atoms with E-state index in [4.69, 9.17) is 0 Å². The zero-order chi connectivity index (χ0) is 18.7. The van der Waals surface area contributed by atoms with Gasteiger partial charge in [-0.1, -0.05) is 53.7 Å². The number of nitrogens with zero attached hydrogens (tertiary/aromatic N) is 1. The van der Waals surface area contributed by atoms with E-state index in [0.717, 1.165) is 11.0 Å². The Morgan fingerprint density at radius 2 is 1.52 bits per heavy atom. The summed E-state index contributed by atoms with van der Waals surface area (Å²) in [7, 11) is 0. The summed E-state index contributed by atoms with van der Waals surface area (Å²) in [5.41, 5.74) is 5.60. The first kappa shape index (κ1) is 19.0. The van der Waals surface area contributed by atoms with Crippen molar-refractivity contribution in [1.29, 1.82) is 0 Å². The van der Waals surface area contributed by atoms with E-state index in [0.29, 0.717) is 0 Å². The fraction of sp³-hybridized carbons (Fsp3) is 0.455. The second-order valence-electron chi connectivity index (χ2n) is 8.89. The van der Waals surface area contributed by atoms with Gasteiger partial charge in [-0.2, -0.15) is 0 Å². The number of benzene rings is 2. The number of hydrogen-bond donors (Lipinski definition) is 0. The monoisotopic (exact) mass is 463 g/mol. The maximum Gasteiger partial charge on any atom is 0.0639 e. The lowest BCUT2D eigenvalue weighted by molar-refractivity contribution is 0.529. The van der Waals surface area contributed by atoms with Crippen molar-refractivity contribution in [2.75, 3.05) is 0 Å². The molecule has 0 N–H and O–H groups in total. The molecule has 3 heteroatoms. The molecule has 0 saturated heterocycles. The van der Waals surface area contributed by atoms with E-state index in [2.05, 4.69) is 109 Å². The van der Waals surface area contributed by atoms with Gasteiger partial charge in [0.2, 0.25) is 0 Å². The quantitative estimate of drug-likeness (QED) is 0.344. The molecule has 0 fully saturated rings. The summed E-state index contributed by atoms with van der Waals surface area (Å²) in [6.07, 6.45) is 0. The molecule has 0 aliphatic rings. The topological polar surface area (TPSA) is 4.93 Å². The van der Waals surface area contributed by atoms with E-state index in [9.17, 15) is 0 Å². The summed E-state index contributed by atoms with van der Waals surface area (Å²) in [5, 5.41) is 2.65. The van der Waals surface area contributed by atoms with Gasteiger partial charge in [-0.05, 0) is 72.9 Å². The molecule has 25 heavy (non-hydrogen) atoms. The van der Waals surface area contributed by atoms with Crippen molar-refractivity contribution in [3.05, 3.63) is 44.3 Å². The van der Waals surface area contributed by atoms with Crippen LogP contribution >= 0.6 is 31.9 Å². The summed E-state index contributed by atoms with van der Waals surface area (Å²) in [5.74, 6) is 0. The molecule has 0 saturated carbocycles. The van der Waals surface area contributed by atoms with E-state index < -0.39 is 0 Å². The summed E-state index contributed by atoms with van der Waals surface area (Å²) in [4.78, 5) is 0. The van der Waals surface area contributed by atoms with Crippen molar-refractivity contribution in [2.24, 2.45) is 0 Å². The van der Waals surface area contributed by atoms with Crippen LogP contribution in [-0.4, -0.2) is 4.57 Å². The predicted octanol–water partition coefficient (Wildman–Crippen LogP) is 7.93. The third-order valence-corrected chi connectivity index (χ3v) is 6.34. The first-order valence-electron chi connectivity index (χ1n) is 8.92. The third-order valence-electron chi connectivity index (χ3n) is 4.93. The van der Waals surface area contributed by atoms with Crippen LogP contribution in [0.1, 0.15) is 59.6 Å². The van der Waals surface area contributed by atoms with Crippen molar-refractivity contribution in [3.63, 3.8) is 0 Å². The number of hydrogen-bond acceptors (Lipinski definition) is 0. The highest BCUT2D eigenvalue weighted by Gasteiger charge is 2.30. The number of fused-ring (bicyclic) bond motifs is 3. The van der Waals surface area contributed by atoms with Crippen LogP contribution in [0.4, 0.5) is 0 Å². The second-order valence-corrected chi connectivity index (χ2v) is 10.5. The average Bonchev–Trinajstić information content (AvgIpc) is 2.80. The first-order chi connectivity index (χ1) is 11.5. The lowest BCUT2D eigenvalue weighted by Gasteiger charge is -2.32. The van der Waals surface area contributed by atoms with Crippen molar-refractivity contribution in [2.45, 2.75) is 65.8 Å². The van der Waals surface area contributed by atoms with Gasteiger partial charge in [0.25, 0.3) is 0 Å². The van der Waals surface area contributed by atoms with Gasteiger partial charge in [0, 0.05) is 26.3 Å². The van der Waals surface area contributed by atoms with E-state index in [1.54, 1.807) is 0 Å². The molecule has 0 bridgehead atoms. The molecule has 0 unspecified atom stereocenters. The first-order valence-corrected chi connectivity index (χ1v) is 10.5. The molecule has 0 amide bonds. The summed E-state index contributed by atoms with van der Waals surface area (Å²) in [6.45, 7) is 17.0. The Kier molecular flexibility index (Phi) is 4.65. The Balaban J connectivity index is 2.64. The molecule has 1 nitrogen and oxygen atoms in total. The van der Waals surface area contributed by atoms with Gasteiger partial charge in [-0.25, -0.2) is 0 Å². The molecule has 134 valence electrons. The Labute approximate surface area is 168 Å². The SMILES string of the molecule is CCn1c2c(Br)cccc2c2cc(C(C)(C)C)c(C(C)(C)C)c(Br)c21. The molecule has 0 atom stereocenters. The lowest BCUT2D eigenvalue weighted by atomic mass is 9.74. The van der Waals surface area contributed by atoms with Crippen molar-refractivity contribution in [3.8, 4) is 0 Å². The molecule has 1 heterocycles. The van der Waals surface area contributed by atoms with Gasteiger partial charge >= 0.3 is 0 Å². The van der Waals surface area contributed by atoms with Crippen LogP contribution < -0.4 is 0 Å². The average molecular weight is 465 g/mol. The second kappa shape index (κ2) is 6.13. The summed E-state index contributed by atoms with van der Waals surface area (Å²) in [6, 6.07) is 8.94. The van der Waals surface area contributed by atoms with Gasteiger partial charge in [0.05, 0.1) is 11.0 Å². The lowest BCUT2D eigenvalue weighted by Crippen LogP contribution is -2.23. The summed E-state index contributed by atoms with van der Waals surface area (Å²) < 4.78 is 4.83. The zero-order valence-corrected chi connectivity index (χ0v) is 19.4. The Hall–Kier alpha value is -0.800. The van der Waals surface area contributed by atoms with Crippen molar-refractivity contribution in [1.82, 2.24) is 4.57 Å². The van der Waals surface area contributed by atoms with Gasteiger partial charge in [0.15, 0.2) is 0 Å². The summed E-state index contributed by atoms with van der Waals surface area (Å²) >= 11 is 7.79. The van der Waals surface area contributed by atoms with Crippen LogP contribution in [0.25, 0.3) is 21.8 Å². The molecular weight excluding hydrogens is 438 g/mol. The maximum atomic E-state index is 4.02. The molecular formula is C22H27Br2N. The van der Waals surface area contributed by atoms with E-state index in [1.807, 2.05) is 0 Å². The van der Waals surface area contributed by atoms with Gasteiger partial charge in [-0.15, -0.1) is 0 Å². The van der Waals surface area contributed by atoms with E-state index in [1.165, 1.54) is 37.4 Å². The standard InChI is InChI=1S/C22H27Br2N/c1-8-25-19-13(10-9-11-16(19)23)14-12-15(21(2,3)4)17(22(5,6)7)18(24)20(14)25/h9-12H,8H2,1-7H3. The third kappa shape index (κ3) is 2.98. The minimum atomic E-state index is 0.0713. The number of rotatable bonds is 1. The molecule has 0 radical (unpaired) electrons. The highest BCUT2D eigenvalue weighted by Crippen LogP contribution is 2.46. The van der Waals surface area contributed by atoms with Crippen LogP contribution in [0.2, 0.25) is 0 Å². The molecule has 0 aliphatic carbocycles. The fourth-order valence-electron chi connectivity index (χ4n) is 3.87. The van der Waals surface area contributed by atoms with Gasteiger partial charge < -0.3 is 4.57 Å². The van der Waals surface area contributed by atoms with Crippen molar-refractivity contribution < 1.29 is 0 Å². The zero-order valence-electron chi connectivity index (χ0n) is 16.2. The number of para-hydroxylation sites is 1. The molecule has 0 spiro atoms. The van der Waals surface area contributed by atoms with Crippen LogP contribution in [0.5, 0.6) is 0 Å². The molecule has 3 aromatic rings. The molecule has 0 aliphatic heterocycles. The van der Waals surface area contributed by atoms with Crippen LogP contribution in [0.15, 0.2) is 33.2 Å². The van der Waals surface area contributed by atoms with Crippen LogP contribution in [-0.2, 0) is 17.4 Å². The largest absolute Gasteiger partial charge is 0.339 e. The minimum absolute atomic E-state index is 0.0713. The molecule has 3 rings (SSSR count). The maximum absolute atomic E-state index is 4.02. The number of aryl methyl sites for hydroxylation is 1. The fourth-order valence-corrected chi connectivity index (χ4v) is 5.68. The highest BCUT2D eigenvalue weighted by atomic mass is 79.9. The number of halogens is 2. The van der Waals surface area contributed by atoms with E-state index in [-0.39, 0.29) is 10.8 Å². The normalized spacial score (nSPS) is 13.2. The minimum Gasteiger partial charge on any atom is -0.339 e. The van der Waals surface area contributed by atoms with Gasteiger partial charge in [0.1, 0.15) is 0 Å². The smallest absolute Gasteiger partial charge is 0.0639 e. The van der Waals surface area contributed by atoms with Crippen LogP contribution in [0.3, 0.4) is 0 Å². The number of aromatic nitrogens is 1. The predicted molar refractivity (Wildman–Crippen MR) is 118 cm³/mol. The van der Waals surface area contributed by atoms with E-state index >= 15 is 0 Å². The van der Waals surface area contributed by atoms with Crippen LogP contribution in [0, 0.1) is 0 Å². The van der Waals surface area contributed by atoms with Crippen molar-refractivity contribution >= 4 is 53.7 Å². The highest BCUT2D eigenvalue weighted by molar-refractivity contribution is 9.11. The Morgan fingerprint density at radius 1 is 0.880 bits per heavy atom.